The molecule has 1 atom stereocenters. The van der Waals surface area contributed by atoms with Gasteiger partial charge in [0.05, 0.1) is 0 Å². The maximum atomic E-state index is 10.1. The summed E-state index contributed by atoms with van der Waals surface area (Å²) in [6.07, 6.45) is 2.95. The zero-order valence-electron chi connectivity index (χ0n) is 7.86. The van der Waals surface area contributed by atoms with Crippen molar-refractivity contribution in [2.24, 2.45) is 0 Å². The predicted octanol–water partition coefficient (Wildman–Crippen LogP) is 0.128. The third kappa shape index (κ3) is 1.24. The van der Waals surface area contributed by atoms with E-state index in [4.69, 9.17) is 4.52 Å². The van der Waals surface area contributed by atoms with Gasteiger partial charge in [-0.15, -0.1) is 0 Å². The van der Waals surface area contributed by atoms with Crippen LogP contribution in [0.5, 0.6) is 0 Å². The van der Waals surface area contributed by atoms with Crippen LogP contribution in [0.1, 0.15) is 36.9 Å². The van der Waals surface area contributed by atoms with Crippen LogP contribution in [0.2, 0.25) is 0 Å². The monoisotopic (exact) mass is 195 g/mol. The Hall–Kier alpha value is -0.940. The lowest BCUT2D eigenvalue weighted by molar-refractivity contribution is 0.0243. The third-order valence-electron chi connectivity index (χ3n) is 2.92. The standard InChI is InChI=1S/C9H13N3O2/c13-9(3-4-10-5-9)8-11-7(12-14-8)6-1-2-6/h6,10,13H,1-5H2. The Bertz CT molecular complexity index is 340. The van der Waals surface area contributed by atoms with Gasteiger partial charge in [0.1, 0.15) is 0 Å². The minimum atomic E-state index is -0.930. The van der Waals surface area contributed by atoms with E-state index in [0.29, 0.717) is 24.8 Å². The van der Waals surface area contributed by atoms with Crippen molar-refractivity contribution < 1.29 is 9.63 Å². The minimum Gasteiger partial charge on any atom is -0.379 e. The van der Waals surface area contributed by atoms with Gasteiger partial charge in [0.2, 0.25) is 0 Å². The molecule has 0 radical (unpaired) electrons. The fourth-order valence-corrected chi connectivity index (χ4v) is 1.79. The van der Waals surface area contributed by atoms with Crippen LogP contribution in [0.4, 0.5) is 0 Å². The second kappa shape index (κ2) is 2.77. The zero-order valence-corrected chi connectivity index (χ0v) is 7.86. The maximum Gasteiger partial charge on any atom is 0.259 e. The first-order valence-electron chi connectivity index (χ1n) is 5.05. The molecule has 1 saturated heterocycles. The quantitative estimate of drug-likeness (QED) is 0.701. The molecule has 0 spiro atoms. The van der Waals surface area contributed by atoms with Crippen LogP contribution < -0.4 is 5.32 Å². The molecule has 2 aliphatic rings. The Balaban J connectivity index is 1.87. The SMILES string of the molecule is OC1(c2nc(C3CC3)no2)CCNC1. The topological polar surface area (TPSA) is 71.2 Å². The van der Waals surface area contributed by atoms with E-state index in [2.05, 4.69) is 15.5 Å². The predicted molar refractivity (Wildman–Crippen MR) is 47.7 cm³/mol. The van der Waals surface area contributed by atoms with Gasteiger partial charge in [0.15, 0.2) is 11.4 Å². The molecule has 5 nitrogen and oxygen atoms in total. The van der Waals surface area contributed by atoms with Crippen LogP contribution in [0, 0.1) is 0 Å². The minimum absolute atomic E-state index is 0.379. The molecular weight excluding hydrogens is 182 g/mol. The molecule has 1 aromatic rings. The number of aliphatic hydroxyl groups is 1. The largest absolute Gasteiger partial charge is 0.379 e. The lowest BCUT2D eigenvalue weighted by Gasteiger charge is -2.14. The smallest absolute Gasteiger partial charge is 0.259 e. The van der Waals surface area contributed by atoms with E-state index in [1.165, 1.54) is 0 Å². The van der Waals surface area contributed by atoms with E-state index in [-0.39, 0.29) is 0 Å². The summed E-state index contributed by atoms with van der Waals surface area (Å²) in [6.45, 7) is 1.32. The molecule has 2 fully saturated rings. The molecule has 1 aliphatic carbocycles. The van der Waals surface area contributed by atoms with E-state index in [1.54, 1.807) is 0 Å². The summed E-state index contributed by atoms with van der Waals surface area (Å²) in [6, 6.07) is 0. The second-order valence-electron chi connectivity index (χ2n) is 4.19. The molecule has 0 aromatic carbocycles. The lowest BCUT2D eigenvalue weighted by Crippen LogP contribution is -2.28. The maximum absolute atomic E-state index is 10.1. The summed E-state index contributed by atoms with van der Waals surface area (Å²) in [4.78, 5) is 4.26. The molecule has 1 saturated carbocycles. The summed E-state index contributed by atoms with van der Waals surface area (Å²) in [5.74, 6) is 1.62. The average Bonchev–Trinajstić information content (AvgIpc) is 2.75. The molecule has 0 amide bonds. The Labute approximate surface area is 81.5 Å². The van der Waals surface area contributed by atoms with Gasteiger partial charge >= 0.3 is 0 Å². The van der Waals surface area contributed by atoms with Crippen molar-refractivity contribution in [1.29, 1.82) is 0 Å². The molecule has 3 rings (SSSR count). The summed E-state index contributed by atoms with van der Waals surface area (Å²) in [7, 11) is 0. The van der Waals surface area contributed by atoms with Gasteiger partial charge in [-0.3, -0.25) is 0 Å². The molecule has 76 valence electrons. The van der Waals surface area contributed by atoms with Gasteiger partial charge in [0, 0.05) is 12.5 Å². The van der Waals surface area contributed by atoms with Crippen molar-refractivity contribution in [2.45, 2.75) is 30.8 Å². The number of nitrogens with zero attached hydrogens (tertiary/aromatic N) is 2. The highest BCUT2D eigenvalue weighted by Gasteiger charge is 2.40. The van der Waals surface area contributed by atoms with E-state index >= 15 is 0 Å². The van der Waals surface area contributed by atoms with Crippen LogP contribution in [0.25, 0.3) is 0 Å². The van der Waals surface area contributed by atoms with E-state index in [1.807, 2.05) is 0 Å². The molecule has 0 bridgehead atoms. The number of β-amino-alcohol motifs (C(OH)–C–C–N with tert-alkyl or cyclic N) is 1. The second-order valence-corrected chi connectivity index (χ2v) is 4.19. The highest BCUT2D eigenvalue weighted by atomic mass is 16.5. The fourth-order valence-electron chi connectivity index (χ4n) is 1.79. The molecule has 2 heterocycles. The number of nitrogens with one attached hydrogen (secondary N) is 1. The first-order chi connectivity index (χ1) is 6.78. The first-order valence-corrected chi connectivity index (χ1v) is 5.05. The highest BCUT2D eigenvalue weighted by Crippen LogP contribution is 2.39. The van der Waals surface area contributed by atoms with E-state index < -0.39 is 5.60 Å². The number of hydrogen-bond acceptors (Lipinski definition) is 5. The zero-order chi connectivity index (χ0) is 9.60. The van der Waals surface area contributed by atoms with Crippen molar-refractivity contribution in [3.05, 3.63) is 11.7 Å². The van der Waals surface area contributed by atoms with Gasteiger partial charge in [-0.25, -0.2) is 0 Å². The van der Waals surface area contributed by atoms with Crippen molar-refractivity contribution in [3.63, 3.8) is 0 Å². The summed E-state index contributed by atoms with van der Waals surface area (Å²) in [5.41, 5.74) is -0.930. The van der Waals surface area contributed by atoms with Crippen molar-refractivity contribution in [2.75, 3.05) is 13.1 Å². The van der Waals surface area contributed by atoms with Crippen molar-refractivity contribution in [3.8, 4) is 0 Å². The average molecular weight is 195 g/mol. The molecule has 14 heavy (non-hydrogen) atoms. The van der Waals surface area contributed by atoms with E-state index in [9.17, 15) is 5.11 Å². The summed E-state index contributed by atoms with van der Waals surface area (Å²) >= 11 is 0. The molecule has 2 N–H and O–H groups in total. The molecule has 1 aromatic heterocycles. The lowest BCUT2D eigenvalue weighted by atomic mass is 10.0. The number of rotatable bonds is 2. The Morgan fingerprint density at radius 3 is 3.00 bits per heavy atom. The number of hydrogen-bond donors (Lipinski definition) is 2. The Morgan fingerprint density at radius 1 is 1.50 bits per heavy atom. The normalized spacial score (nSPS) is 32.4. The first kappa shape index (κ1) is 8.38. The van der Waals surface area contributed by atoms with Crippen LogP contribution in [0.3, 0.4) is 0 Å². The highest BCUT2D eigenvalue weighted by molar-refractivity contribution is 5.08. The van der Waals surface area contributed by atoms with Crippen molar-refractivity contribution >= 4 is 0 Å². The summed E-state index contributed by atoms with van der Waals surface area (Å²) < 4.78 is 5.10. The molecule has 1 aliphatic heterocycles. The molecular formula is C9H13N3O2. The molecule has 5 heteroatoms. The van der Waals surface area contributed by atoms with Crippen LogP contribution in [0.15, 0.2) is 4.52 Å². The van der Waals surface area contributed by atoms with Gasteiger partial charge in [-0.05, 0) is 25.8 Å². The third-order valence-corrected chi connectivity index (χ3v) is 2.92. The van der Waals surface area contributed by atoms with Crippen LogP contribution in [-0.2, 0) is 5.60 Å². The van der Waals surface area contributed by atoms with Crippen LogP contribution in [-0.4, -0.2) is 28.3 Å². The number of aromatic nitrogens is 2. The fraction of sp³-hybridized carbons (Fsp3) is 0.778. The van der Waals surface area contributed by atoms with Gasteiger partial charge in [0.25, 0.3) is 5.89 Å². The van der Waals surface area contributed by atoms with Crippen molar-refractivity contribution in [1.82, 2.24) is 15.5 Å². The van der Waals surface area contributed by atoms with Gasteiger partial charge in [-0.1, -0.05) is 5.16 Å². The van der Waals surface area contributed by atoms with Gasteiger partial charge < -0.3 is 14.9 Å². The Kier molecular flexibility index (Phi) is 1.66. The van der Waals surface area contributed by atoms with E-state index in [0.717, 1.165) is 25.2 Å². The van der Waals surface area contributed by atoms with Crippen LogP contribution >= 0.6 is 0 Å². The summed E-state index contributed by atoms with van der Waals surface area (Å²) in [5, 5.41) is 17.1. The Morgan fingerprint density at radius 2 is 2.36 bits per heavy atom. The van der Waals surface area contributed by atoms with Gasteiger partial charge in [-0.2, -0.15) is 4.98 Å². The molecule has 1 unspecified atom stereocenters.